The van der Waals surface area contributed by atoms with Gasteiger partial charge in [-0.25, -0.2) is 4.79 Å². The van der Waals surface area contributed by atoms with E-state index in [0.717, 1.165) is 12.0 Å². The molecule has 0 saturated carbocycles. The third-order valence-corrected chi connectivity index (χ3v) is 3.34. The SMILES string of the molecule is CCCOc1ccc(/C=C/C(=O)Oc2ccccc2OC)cc1OC. The normalized spacial score (nSPS) is 10.5. The summed E-state index contributed by atoms with van der Waals surface area (Å²) in [6.45, 7) is 2.66. The highest BCUT2D eigenvalue weighted by Gasteiger charge is 2.07. The summed E-state index contributed by atoms with van der Waals surface area (Å²) in [6, 6.07) is 12.5. The summed E-state index contributed by atoms with van der Waals surface area (Å²) >= 11 is 0. The van der Waals surface area contributed by atoms with E-state index < -0.39 is 5.97 Å². The molecule has 2 rings (SSSR count). The maximum Gasteiger partial charge on any atom is 0.336 e. The molecule has 0 aliphatic heterocycles. The Hall–Kier alpha value is -2.95. The van der Waals surface area contributed by atoms with Crippen LogP contribution in [0.1, 0.15) is 18.9 Å². The van der Waals surface area contributed by atoms with Crippen molar-refractivity contribution < 1.29 is 23.7 Å². The summed E-state index contributed by atoms with van der Waals surface area (Å²) in [5.74, 6) is 1.69. The number of hydrogen-bond acceptors (Lipinski definition) is 5. The van der Waals surface area contributed by atoms with Crippen LogP contribution in [0.2, 0.25) is 0 Å². The van der Waals surface area contributed by atoms with E-state index in [4.69, 9.17) is 18.9 Å². The highest BCUT2D eigenvalue weighted by atomic mass is 16.6. The molecule has 2 aromatic carbocycles. The molecule has 0 spiro atoms. The van der Waals surface area contributed by atoms with Crippen LogP contribution in [0.15, 0.2) is 48.5 Å². The van der Waals surface area contributed by atoms with Crippen molar-refractivity contribution in [1.82, 2.24) is 0 Å². The lowest BCUT2D eigenvalue weighted by atomic mass is 10.2. The van der Waals surface area contributed by atoms with Gasteiger partial charge >= 0.3 is 5.97 Å². The number of para-hydroxylation sites is 2. The molecule has 0 amide bonds. The van der Waals surface area contributed by atoms with Gasteiger partial charge in [0.15, 0.2) is 23.0 Å². The Morgan fingerprint density at radius 1 is 0.960 bits per heavy atom. The molecule has 0 fully saturated rings. The second-order valence-corrected chi connectivity index (χ2v) is 5.16. The fraction of sp³-hybridized carbons (Fsp3) is 0.250. The van der Waals surface area contributed by atoms with Crippen LogP contribution in [0, 0.1) is 0 Å². The molecule has 25 heavy (non-hydrogen) atoms. The second kappa shape index (κ2) is 9.37. The van der Waals surface area contributed by atoms with Crippen molar-refractivity contribution in [2.75, 3.05) is 20.8 Å². The average molecular weight is 342 g/mol. The Morgan fingerprint density at radius 3 is 2.36 bits per heavy atom. The van der Waals surface area contributed by atoms with E-state index in [1.165, 1.54) is 13.2 Å². The molecule has 0 bridgehead atoms. The summed E-state index contributed by atoms with van der Waals surface area (Å²) in [4.78, 5) is 12.0. The minimum Gasteiger partial charge on any atom is -0.493 e. The fourth-order valence-corrected chi connectivity index (χ4v) is 2.13. The van der Waals surface area contributed by atoms with Crippen LogP contribution in [0.3, 0.4) is 0 Å². The lowest BCUT2D eigenvalue weighted by Crippen LogP contribution is -2.04. The minimum absolute atomic E-state index is 0.376. The van der Waals surface area contributed by atoms with Gasteiger partial charge in [0.2, 0.25) is 0 Å². The van der Waals surface area contributed by atoms with Gasteiger partial charge in [-0.1, -0.05) is 25.1 Å². The first kappa shape index (κ1) is 18.4. The van der Waals surface area contributed by atoms with E-state index >= 15 is 0 Å². The average Bonchev–Trinajstić information content (AvgIpc) is 2.65. The van der Waals surface area contributed by atoms with Crippen LogP contribution in [0.5, 0.6) is 23.0 Å². The van der Waals surface area contributed by atoms with Gasteiger partial charge < -0.3 is 18.9 Å². The first-order valence-electron chi connectivity index (χ1n) is 8.01. The predicted molar refractivity (Wildman–Crippen MR) is 96.4 cm³/mol. The van der Waals surface area contributed by atoms with E-state index in [-0.39, 0.29) is 0 Å². The van der Waals surface area contributed by atoms with Gasteiger partial charge in [0.05, 0.1) is 20.8 Å². The van der Waals surface area contributed by atoms with Crippen molar-refractivity contribution in [2.24, 2.45) is 0 Å². The Balaban J connectivity index is 2.06. The fourth-order valence-electron chi connectivity index (χ4n) is 2.13. The van der Waals surface area contributed by atoms with Crippen molar-refractivity contribution in [2.45, 2.75) is 13.3 Å². The van der Waals surface area contributed by atoms with Gasteiger partial charge in [0.25, 0.3) is 0 Å². The molecular formula is C20H22O5. The molecule has 2 aromatic rings. The lowest BCUT2D eigenvalue weighted by molar-refractivity contribution is -0.129. The number of esters is 1. The van der Waals surface area contributed by atoms with Crippen LogP contribution in [0.4, 0.5) is 0 Å². The Morgan fingerprint density at radius 2 is 1.68 bits per heavy atom. The Kier molecular flexibility index (Phi) is 6.89. The standard InChI is InChI=1S/C20H22O5/c1-4-13-24-17-11-9-15(14-19(17)23-3)10-12-20(21)25-18-8-6-5-7-16(18)22-2/h5-12,14H,4,13H2,1-3H3/b12-10+. The largest absolute Gasteiger partial charge is 0.493 e. The van der Waals surface area contributed by atoms with E-state index in [2.05, 4.69) is 0 Å². The molecule has 132 valence electrons. The van der Waals surface area contributed by atoms with E-state index in [1.807, 2.05) is 19.1 Å². The first-order chi connectivity index (χ1) is 12.2. The van der Waals surface area contributed by atoms with Gasteiger partial charge in [0, 0.05) is 6.08 Å². The number of ether oxygens (including phenoxy) is 4. The predicted octanol–water partition coefficient (Wildman–Crippen LogP) is 4.11. The van der Waals surface area contributed by atoms with Crippen LogP contribution >= 0.6 is 0 Å². The molecule has 0 aromatic heterocycles. The molecule has 0 saturated heterocycles. The van der Waals surface area contributed by atoms with Gasteiger partial charge in [-0.05, 0) is 42.3 Å². The number of methoxy groups -OCH3 is 2. The molecular weight excluding hydrogens is 320 g/mol. The molecule has 0 N–H and O–H groups in total. The maximum absolute atomic E-state index is 12.0. The third kappa shape index (κ3) is 5.28. The zero-order chi connectivity index (χ0) is 18.1. The Labute approximate surface area is 147 Å². The molecule has 5 nitrogen and oxygen atoms in total. The van der Waals surface area contributed by atoms with Gasteiger partial charge in [-0.2, -0.15) is 0 Å². The van der Waals surface area contributed by atoms with E-state index in [1.54, 1.807) is 43.5 Å². The molecule has 5 heteroatoms. The molecule has 0 radical (unpaired) electrons. The number of carbonyl (C=O) groups excluding carboxylic acids is 1. The van der Waals surface area contributed by atoms with E-state index in [9.17, 15) is 4.79 Å². The van der Waals surface area contributed by atoms with Crippen LogP contribution < -0.4 is 18.9 Å². The third-order valence-electron chi connectivity index (χ3n) is 3.34. The quantitative estimate of drug-likeness (QED) is 0.410. The van der Waals surface area contributed by atoms with Crippen LogP contribution in [-0.2, 0) is 4.79 Å². The summed E-state index contributed by atoms with van der Waals surface area (Å²) in [5, 5.41) is 0. The smallest absolute Gasteiger partial charge is 0.336 e. The van der Waals surface area contributed by atoms with Crippen molar-refractivity contribution >= 4 is 12.0 Å². The summed E-state index contributed by atoms with van der Waals surface area (Å²) < 4.78 is 21.4. The van der Waals surface area contributed by atoms with E-state index in [0.29, 0.717) is 29.6 Å². The Bertz CT molecular complexity index is 737. The molecule has 0 aliphatic rings. The van der Waals surface area contributed by atoms with Crippen LogP contribution in [-0.4, -0.2) is 26.8 Å². The molecule has 0 atom stereocenters. The number of rotatable bonds is 8. The maximum atomic E-state index is 12.0. The highest BCUT2D eigenvalue weighted by Crippen LogP contribution is 2.29. The highest BCUT2D eigenvalue weighted by molar-refractivity contribution is 5.89. The topological polar surface area (TPSA) is 54.0 Å². The second-order valence-electron chi connectivity index (χ2n) is 5.16. The van der Waals surface area contributed by atoms with Gasteiger partial charge in [-0.3, -0.25) is 0 Å². The zero-order valence-corrected chi connectivity index (χ0v) is 14.7. The van der Waals surface area contributed by atoms with Crippen molar-refractivity contribution in [3.8, 4) is 23.0 Å². The number of carbonyl (C=O) groups is 1. The summed E-state index contributed by atoms with van der Waals surface area (Å²) in [7, 11) is 3.11. The molecule has 0 aliphatic carbocycles. The monoisotopic (exact) mass is 342 g/mol. The van der Waals surface area contributed by atoms with Gasteiger partial charge in [-0.15, -0.1) is 0 Å². The van der Waals surface area contributed by atoms with Crippen molar-refractivity contribution in [3.05, 3.63) is 54.1 Å². The van der Waals surface area contributed by atoms with Crippen molar-refractivity contribution in [3.63, 3.8) is 0 Å². The molecule has 0 unspecified atom stereocenters. The first-order valence-corrected chi connectivity index (χ1v) is 8.01. The number of benzene rings is 2. The lowest BCUT2D eigenvalue weighted by Gasteiger charge is -2.10. The zero-order valence-electron chi connectivity index (χ0n) is 14.7. The van der Waals surface area contributed by atoms with Crippen LogP contribution in [0.25, 0.3) is 6.08 Å². The summed E-state index contributed by atoms with van der Waals surface area (Å²) in [6.07, 6.45) is 3.93. The molecule has 0 heterocycles. The minimum atomic E-state index is -0.491. The summed E-state index contributed by atoms with van der Waals surface area (Å²) in [5.41, 5.74) is 0.803. The van der Waals surface area contributed by atoms with Gasteiger partial charge in [0.1, 0.15) is 0 Å². The van der Waals surface area contributed by atoms with Crippen molar-refractivity contribution in [1.29, 1.82) is 0 Å². The number of hydrogen-bond donors (Lipinski definition) is 0.